The summed E-state index contributed by atoms with van der Waals surface area (Å²) < 4.78 is 37.8. The van der Waals surface area contributed by atoms with Crippen molar-refractivity contribution < 1.29 is 33.2 Å². The van der Waals surface area contributed by atoms with Crippen LogP contribution in [-0.4, -0.2) is 71.5 Å². The molecule has 0 bridgehead atoms. The second kappa shape index (κ2) is 11.6. The molecule has 2 aromatic carbocycles. The molecule has 240 valence electrons. The van der Waals surface area contributed by atoms with E-state index >= 15 is 0 Å². The summed E-state index contributed by atoms with van der Waals surface area (Å²) in [5.41, 5.74) is 3.68. The average molecular weight is 647 g/mol. The van der Waals surface area contributed by atoms with Crippen LogP contribution in [0.2, 0.25) is 5.02 Å². The SMILES string of the molecule is COC(=O)c1cc2c(nc(CN3CCC(c4cccc5c4O[C@@](C)(c4ccc(Cl)cn4)O5)CC3)n2C[C@@H]2CCO2)c2c1OCCO2. The van der Waals surface area contributed by atoms with Gasteiger partial charge < -0.3 is 33.0 Å². The molecule has 4 aromatic rings. The Morgan fingerprint density at radius 1 is 1.04 bits per heavy atom. The molecule has 0 aliphatic carbocycles. The van der Waals surface area contributed by atoms with Gasteiger partial charge in [-0.15, -0.1) is 0 Å². The molecule has 11 nitrogen and oxygen atoms in total. The molecule has 8 rings (SSSR count). The molecule has 0 radical (unpaired) electrons. The molecule has 4 aliphatic heterocycles. The first-order valence-electron chi connectivity index (χ1n) is 15.8. The quantitative estimate of drug-likeness (QED) is 0.241. The van der Waals surface area contributed by atoms with Crippen LogP contribution in [0.5, 0.6) is 23.0 Å². The number of aromatic nitrogens is 3. The number of fused-ring (bicyclic) bond motifs is 4. The van der Waals surface area contributed by atoms with Gasteiger partial charge in [0.25, 0.3) is 5.79 Å². The third kappa shape index (κ3) is 5.10. The maximum absolute atomic E-state index is 12.7. The van der Waals surface area contributed by atoms with Crippen molar-refractivity contribution in [1.29, 1.82) is 0 Å². The maximum atomic E-state index is 12.7. The second-order valence-corrected chi connectivity index (χ2v) is 12.7. The topological polar surface area (TPSA) is 106 Å². The zero-order valence-corrected chi connectivity index (χ0v) is 26.5. The molecule has 0 saturated carbocycles. The highest BCUT2D eigenvalue weighted by atomic mass is 35.5. The number of hydrogen-bond donors (Lipinski definition) is 0. The number of carbonyl (C=O) groups excluding carboxylic acids is 1. The number of hydrogen-bond acceptors (Lipinski definition) is 10. The van der Waals surface area contributed by atoms with Gasteiger partial charge in [-0.3, -0.25) is 9.88 Å². The normalized spacial score (nSPS) is 22.5. The standard InChI is InChI=1S/C34H35ClN4O7/c1-34(27-7-6-21(35)17-36-27)45-26-5-3-4-23(30(26)46-34)20-8-11-38(12-9-20)19-28-37-29-25(39(28)18-22-10-13-42-22)16-24(33(40)41-2)31-32(29)44-15-14-43-31/h3-7,16-17,20,22H,8-15,18-19H2,1-2H3/t22-,34-/m0/s1. The number of imidazole rings is 1. The lowest BCUT2D eigenvalue weighted by molar-refractivity contribution is -0.0722. The van der Waals surface area contributed by atoms with E-state index in [1.807, 2.05) is 31.2 Å². The predicted molar refractivity (Wildman–Crippen MR) is 168 cm³/mol. The molecule has 0 spiro atoms. The molecular weight excluding hydrogens is 612 g/mol. The van der Waals surface area contributed by atoms with Gasteiger partial charge in [0.2, 0.25) is 0 Å². The summed E-state index contributed by atoms with van der Waals surface area (Å²) in [6, 6.07) is 11.6. The highest BCUT2D eigenvalue weighted by molar-refractivity contribution is 6.30. The summed E-state index contributed by atoms with van der Waals surface area (Å²) in [5, 5.41) is 0.565. The Balaban J connectivity index is 1.03. The molecule has 6 heterocycles. The lowest BCUT2D eigenvalue weighted by Crippen LogP contribution is -2.35. The van der Waals surface area contributed by atoms with Gasteiger partial charge in [0, 0.05) is 25.3 Å². The highest BCUT2D eigenvalue weighted by Gasteiger charge is 2.42. The van der Waals surface area contributed by atoms with Crippen LogP contribution in [0.4, 0.5) is 0 Å². The fourth-order valence-electron chi connectivity index (χ4n) is 6.86. The Labute approximate surface area is 271 Å². The van der Waals surface area contributed by atoms with Gasteiger partial charge in [0.1, 0.15) is 35.8 Å². The van der Waals surface area contributed by atoms with Crippen LogP contribution in [0.25, 0.3) is 11.0 Å². The summed E-state index contributed by atoms with van der Waals surface area (Å²) in [7, 11) is 1.37. The molecule has 0 amide bonds. The van der Waals surface area contributed by atoms with Crippen molar-refractivity contribution in [2.75, 3.05) is 40.0 Å². The Kier molecular flexibility index (Phi) is 7.42. The van der Waals surface area contributed by atoms with Crippen molar-refractivity contribution in [2.45, 2.75) is 57.1 Å². The van der Waals surface area contributed by atoms with E-state index in [2.05, 4.69) is 20.5 Å². The molecule has 0 N–H and O–H groups in total. The number of carbonyl (C=O) groups is 1. The molecule has 2 atom stereocenters. The smallest absolute Gasteiger partial charge is 0.341 e. The molecule has 0 unspecified atom stereocenters. The van der Waals surface area contributed by atoms with Gasteiger partial charge in [-0.2, -0.15) is 0 Å². The van der Waals surface area contributed by atoms with Gasteiger partial charge in [0.05, 0.1) is 36.8 Å². The fraction of sp³-hybridized carbons (Fsp3) is 0.441. The Hall–Kier alpha value is -4.06. The van der Waals surface area contributed by atoms with Gasteiger partial charge in [-0.1, -0.05) is 23.7 Å². The predicted octanol–water partition coefficient (Wildman–Crippen LogP) is 5.46. The Morgan fingerprint density at radius 2 is 1.85 bits per heavy atom. The number of nitrogens with zero attached hydrogens (tertiary/aromatic N) is 4. The number of halogens is 1. The summed E-state index contributed by atoms with van der Waals surface area (Å²) in [4.78, 5) is 24.7. The van der Waals surface area contributed by atoms with E-state index in [0.29, 0.717) is 65.5 Å². The summed E-state index contributed by atoms with van der Waals surface area (Å²) in [6.07, 6.45) is 4.61. The van der Waals surface area contributed by atoms with Crippen LogP contribution in [0.15, 0.2) is 42.6 Å². The first-order chi connectivity index (χ1) is 22.4. The molecule has 46 heavy (non-hydrogen) atoms. The fourth-order valence-corrected chi connectivity index (χ4v) is 6.97. The third-order valence-corrected chi connectivity index (χ3v) is 9.61. The minimum Gasteiger partial charge on any atom is -0.485 e. The zero-order valence-electron chi connectivity index (χ0n) is 25.8. The maximum Gasteiger partial charge on any atom is 0.341 e. The van der Waals surface area contributed by atoms with Crippen LogP contribution >= 0.6 is 11.6 Å². The summed E-state index contributed by atoms with van der Waals surface area (Å²) in [5.74, 6) is 2.15. The van der Waals surface area contributed by atoms with Gasteiger partial charge >= 0.3 is 5.97 Å². The van der Waals surface area contributed by atoms with Crippen molar-refractivity contribution in [3.8, 4) is 23.0 Å². The number of pyridine rings is 1. The van der Waals surface area contributed by atoms with Crippen LogP contribution in [-0.2, 0) is 28.4 Å². The molecule has 2 aromatic heterocycles. The molecule has 4 aliphatic rings. The van der Waals surface area contributed by atoms with Crippen LogP contribution in [0.1, 0.15) is 59.5 Å². The van der Waals surface area contributed by atoms with E-state index < -0.39 is 11.8 Å². The highest BCUT2D eigenvalue weighted by Crippen LogP contribution is 2.49. The van der Waals surface area contributed by atoms with Gasteiger partial charge in [-0.05, 0) is 62.5 Å². The number of para-hydroxylation sites is 1. The minimum absolute atomic E-state index is 0.104. The van der Waals surface area contributed by atoms with Crippen molar-refractivity contribution in [1.82, 2.24) is 19.4 Å². The first-order valence-corrected chi connectivity index (χ1v) is 16.1. The van der Waals surface area contributed by atoms with E-state index in [1.165, 1.54) is 7.11 Å². The monoisotopic (exact) mass is 646 g/mol. The van der Waals surface area contributed by atoms with Crippen LogP contribution in [0, 0.1) is 0 Å². The lowest BCUT2D eigenvalue weighted by Gasteiger charge is -2.33. The van der Waals surface area contributed by atoms with Crippen molar-refractivity contribution in [2.24, 2.45) is 0 Å². The van der Waals surface area contributed by atoms with Crippen LogP contribution in [0.3, 0.4) is 0 Å². The number of methoxy groups -OCH3 is 1. The lowest BCUT2D eigenvalue weighted by atomic mass is 9.88. The minimum atomic E-state index is -1.02. The first kappa shape index (κ1) is 29.3. The van der Waals surface area contributed by atoms with E-state index in [1.54, 1.807) is 12.3 Å². The largest absolute Gasteiger partial charge is 0.485 e. The number of piperidine rings is 1. The number of benzene rings is 2. The van der Waals surface area contributed by atoms with Crippen molar-refractivity contribution in [3.05, 3.63) is 70.3 Å². The molecular formula is C34H35ClN4O7. The second-order valence-electron chi connectivity index (χ2n) is 12.3. The third-order valence-electron chi connectivity index (χ3n) is 9.39. The van der Waals surface area contributed by atoms with E-state index in [4.69, 9.17) is 45.0 Å². The summed E-state index contributed by atoms with van der Waals surface area (Å²) >= 11 is 6.07. The van der Waals surface area contributed by atoms with Gasteiger partial charge in [-0.25, -0.2) is 9.78 Å². The summed E-state index contributed by atoms with van der Waals surface area (Å²) in [6.45, 7) is 6.48. The van der Waals surface area contributed by atoms with E-state index in [-0.39, 0.29) is 6.10 Å². The number of rotatable bonds is 7. The average Bonchev–Trinajstić information content (AvgIpc) is 3.59. The van der Waals surface area contributed by atoms with Crippen molar-refractivity contribution >= 4 is 28.6 Å². The van der Waals surface area contributed by atoms with E-state index in [9.17, 15) is 4.79 Å². The Morgan fingerprint density at radius 3 is 2.57 bits per heavy atom. The van der Waals surface area contributed by atoms with E-state index in [0.717, 1.165) is 67.4 Å². The molecule has 12 heteroatoms. The molecule has 2 fully saturated rings. The van der Waals surface area contributed by atoms with Crippen molar-refractivity contribution in [3.63, 3.8) is 0 Å². The van der Waals surface area contributed by atoms with Gasteiger partial charge in [0.15, 0.2) is 23.0 Å². The van der Waals surface area contributed by atoms with Crippen LogP contribution < -0.4 is 18.9 Å². The number of ether oxygens (including phenoxy) is 6. The Bertz CT molecular complexity index is 1800. The zero-order chi connectivity index (χ0) is 31.4. The number of likely N-dealkylation sites (tertiary alicyclic amines) is 1. The molecule has 2 saturated heterocycles. The number of esters is 1.